The molecule has 17 heavy (non-hydrogen) atoms. The molecule has 4 heteroatoms. The van der Waals surface area contributed by atoms with Crippen molar-refractivity contribution in [3.8, 4) is 0 Å². The van der Waals surface area contributed by atoms with Crippen molar-refractivity contribution in [2.24, 2.45) is 0 Å². The van der Waals surface area contributed by atoms with E-state index >= 15 is 0 Å². The fourth-order valence-corrected chi connectivity index (χ4v) is 1.61. The average Bonchev–Trinajstić information content (AvgIpc) is 2.20. The molecule has 104 valence electrons. The van der Waals surface area contributed by atoms with Crippen molar-refractivity contribution < 1.29 is 0 Å². The summed E-state index contributed by atoms with van der Waals surface area (Å²) in [4.78, 5) is 6.98. The van der Waals surface area contributed by atoms with Crippen molar-refractivity contribution in [2.75, 3.05) is 67.5 Å². The van der Waals surface area contributed by atoms with Crippen LogP contribution in [0.5, 0.6) is 0 Å². The van der Waals surface area contributed by atoms with Gasteiger partial charge in [0.1, 0.15) is 0 Å². The second kappa shape index (κ2) is 9.83. The molecule has 0 saturated heterocycles. The highest BCUT2D eigenvalue weighted by Gasteiger charge is 2.08. The Balaban J connectivity index is 3.63. The SMILES string of the molecule is CC(C)N(CCNCCN(C)C)CCN(C)C. The van der Waals surface area contributed by atoms with Crippen LogP contribution in [0.25, 0.3) is 0 Å². The minimum atomic E-state index is 0.630. The van der Waals surface area contributed by atoms with Crippen molar-refractivity contribution in [3.05, 3.63) is 0 Å². The van der Waals surface area contributed by atoms with Gasteiger partial charge in [0.2, 0.25) is 0 Å². The van der Waals surface area contributed by atoms with E-state index in [1.54, 1.807) is 0 Å². The molecule has 0 aliphatic rings. The molecule has 0 heterocycles. The predicted octanol–water partition coefficient (Wildman–Crippen LogP) is 0.410. The van der Waals surface area contributed by atoms with Crippen LogP contribution in [-0.4, -0.2) is 88.2 Å². The molecule has 0 bridgehead atoms. The minimum absolute atomic E-state index is 0.630. The standard InChI is InChI=1S/C13H32N4/c1-13(2)17(12-11-16(5)6)10-8-14-7-9-15(3)4/h13-14H,7-12H2,1-6H3. The third kappa shape index (κ3) is 10.7. The highest BCUT2D eigenvalue weighted by molar-refractivity contribution is 4.66. The van der Waals surface area contributed by atoms with Crippen LogP contribution in [0.2, 0.25) is 0 Å². The Morgan fingerprint density at radius 2 is 1.29 bits per heavy atom. The van der Waals surface area contributed by atoms with E-state index in [2.05, 4.69) is 62.1 Å². The van der Waals surface area contributed by atoms with Gasteiger partial charge in [0, 0.05) is 45.3 Å². The van der Waals surface area contributed by atoms with Crippen LogP contribution in [0.15, 0.2) is 0 Å². The molecule has 4 nitrogen and oxygen atoms in total. The van der Waals surface area contributed by atoms with E-state index in [1.807, 2.05) is 0 Å². The average molecular weight is 244 g/mol. The lowest BCUT2D eigenvalue weighted by Gasteiger charge is -2.28. The second-order valence-electron chi connectivity index (χ2n) is 5.49. The first-order valence-electron chi connectivity index (χ1n) is 6.67. The lowest BCUT2D eigenvalue weighted by atomic mass is 10.3. The summed E-state index contributed by atoms with van der Waals surface area (Å²) in [7, 11) is 8.49. The molecule has 0 saturated carbocycles. The molecular weight excluding hydrogens is 212 g/mol. The number of rotatable bonds is 10. The molecular formula is C13H32N4. The van der Waals surface area contributed by atoms with E-state index in [1.165, 1.54) is 0 Å². The van der Waals surface area contributed by atoms with Gasteiger partial charge in [-0.25, -0.2) is 0 Å². The zero-order valence-corrected chi connectivity index (χ0v) is 12.7. The second-order valence-corrected chi connectivity index (χ2v) is 5.49. The van der Waals surface area contributed by atoms with Crippen LogP contribution >= 0.6 is 0 Å². The Hall–Kier alpha value is -0.160. The van der Waals surface area contributed by atoms with E-state index < -0.39 is 0 Å². The lowest BCUT2D eigenvalue weighted by molar-refractivity contribution is 0.199. The van der Waals surface area contributed by atoms with Crippen molar-refractivity contribution in [1.82, 2.24) is 20.0 Å². The number of likely N-dealkylation sites (N-methyl/N-ethyl adjacent to an activating group) is 2. The van der Waals surface area contributed by atoms with Crippen molar-refractivity contribution in [1.29, 1.82) is 0 Å². The van der Waals surface area contributed by atoms with Gasteiger partial charge >= 0.3 is 0 Å². The Morgan fingerprint density at radius 1 is 0.765 bits per heavy atom. The van der Waals surface area contributed by atoms with Gasteiger partial charge < -0.3 is 15.1 Å². The van der Waals surface area contributed by atoms with Crippen LogP contribution in [0.4, 0.5) is 0 Å². The van der Waals surface area contributed by atoms with Crippen LogP contribution in [0, 0.1) is 0 Å². The molecule has 0 aromatic heterocycles. The summed E-state index contributed by atoms with van der Waals surface area (Å²) in [5.41, 5.74) is 0. The molecule has 0 aliphatic heterocycles. The number of nitrogens with zero attached hydrogens (tertiary/aromatic N) is 3. The Bertz CT molecular complexity index is 169. The fraction of sp³-hybridized carbons (Fsp3) is 1.00. The zero-order chi connectivity index (χ0) is 13.3. The predicted molar refractivity (Wildman–Crippen MR) is 76.7 cm³/mol. The molecule has 0 amide bonds. The topological polar surface area (TPSA) is 21.8 Å². The maximum atomic E-state index is 3.49. The minimum Gasteiger partial charge on any atom is -0.314 e. The molecule has 0 aromatic rings. The van der Waals surface area contributed by atoms with Gasteiger partial charge in [-0.3, -0.25) is 4.90 Å². The Labute approximate surface area is 108 Å². The summed E-state index contributed by atoms with van der Waals surface area (Å²) in [6, 6.07) is 0.630. The maximum Gasteiger partial charge on any atom is 0.0112 e. The quantitative estimate of drug-likeness (QED) is 0.562. The van der Waals surface area contributed by atoms with Gasteiger partial charge in [0.25, 0.3) is 0 Å². The van der Waals surface area contributed by atoms with Gasteiger partial charge in [-0.15, -0.1) is 0 Å². The molecule has 1 N–H and O–H groups in total. The van der Waals surface area contributed by atoms with Gasteiger partial charge in [0.15, 0.2) is 0 Å². The van der Waals surface area contributed by atoms with Crippen molar-refractivity contribution in [3.63, 3.8) is 0 Å². The Kier molecular flexibility index (Phi) is 9.74. The summed E-state index contributed by atoms with van der Waals surface area (Å²) in [5, 5.41) is 3.49. The van der Waals surface area contributed by atoms with E-state index in [-0.39, 0.29) is 0 Å². The summed E-state index contributed by atoms with van der Waals surface area (Å²) in [6.07, 6.45) is 0. The first-order chi connectivity index (χ1) is 7.93. The van der Waals surface area contributed by atoms with Crippen LogP contribution in [-0.2, 0) is 0 Å². The van der Waals surface area contributed by atoms with Gasteiger partial charge in [-0.05, 0) is 42.0 Å². The summed E-state index contributed by atoms with van der Waals surface area (Å²) in [5.74, 6) is 0. The number of hydrogen-bond acceptors (Lipinski definition) is 4. The van der Waals surface area contributed by atoms with Crippen molar-refractivity contribution in [2.45, 2.75) is 19.9 Å². The maximum absolute atomic E-state index is 3.49. The Morgan fingerprint density at radius 3 is 1.76 bits per heavy atom. The molecule has 0 fully saturated rings. The molecule has 0 rings (SSSR count). The third-order valence-electron chi connectivity index (χ3n) is 2.88. The summed E-state index contributed by atoms with van der Waals surface area (Å²) in [6.45, 7) is 11.2. The zero-order valence-electron chi connectivity index (χ0n) is 12.7. The first-order valence-corrected chi connectivity index (χ1v) is 6.67. The van der Waals surface area contributed by atoms with E-state index in [4.69, 9.17) is 0 Å². The highest BCUT2D eigenvalue weighted by Crippen LogP contribution is 1.96. The largest absolute Gasteiger partial charge is 0.314 e. The fourth-order valence-electron chi connectivity index (χ4n) is 1.61. The summed E-state index contributed by atoms with van der Waals surface area (Å²) < 4.78 is 0. The molecule has 0 spiro atoms. The van der Waals surface area contributed by atoms with Crippen LogP contribution in [0.3, 0.4) is 0 Å². The van der Waals surface area contributed by atoms with E-state index in [9.17, 15) is 0 Å². The molecule has 0 atom stereocenters. The highest BCUT2D eigenvalue weighted by atomic mass is 15.2. The van der Waals surface area contributed by atoms with Gasteiger partial charge in [-0.2, -0.15) is 0 Å². The van der Waals surface area contributed by atoms with Gasteiger partial charge in [-0.1, -0.05) is 0 Å². The van der Waals surface area contributed by atoms with E-state index in [0.29, 0.717) is 6.04 Å². The third-order valence-corrected chi connectivity index (χ3v) is 2.88. The van der Waals surface area contributed by atoms with Crippen molar-refractivity contribution >= 4 is 0 Å². The smallest absolute Gasteiger partial charge is 0.0112 e. The molecule has 0 unspecified atom stereocenters. The first kappa shape index (κ1) is 16.8. The summed E-state index contributed by atoms with van der Waals surface area (Å²) >= 11 is 0. The number of hydrogen-bond donors (Lipinski definition) is 1. The number of nitrogens with one attached hydrogen (secondary N) is 1. The normalized spacial score (nSPS) is 12.4. The molecule has 0 aromatic carbocycles. The van der Waals surface area contributed by atoms with Crippen LogP contribution in [0.1, 0.15) is 13.8 Å². The lowest BCUT2D eigenvalue weighted by Crippen LogP contribution is -2.41. The van der Waals surface area contributed by atoms with Crippen LogP contribution < -0.4 is 5.32 Å². The molecule has 0 radical (unpaired) electrons. The van der Waals surface area contributed by atoms with E-state index in [0.717, 1.165) is 39.3 Å². The molecule has 0 aliphatic carbocycles. The monoisotopic (exact) mass is 244 g/mol. The van der Waals surface area contributed by atoms with Gasteiger partial charge in [0.05, 0.1) is 0 Å².